The number of esters is 1. The zero-order valence-corrected chi connectivity index (χ0v) is 14.7. The highest BCUT2D eigenvalue weighted by Crippen LogP contribution is 2.29. The van der Waals surface area contributed by atoms with Gasteiger partial charge in [0.25, 0.3) is 5.56 Å². The van der Waals surface area contributed by atoms with Gasteiger partial charge in [0, 0.05) is 18.2 Å². The van der Waals surface area contributed by atoms with Crippen molar-refractivity contribution in [3.05, 3.63) is 32.6 Å². The lowest BCUT2D eigenvalue weighted by Crippen LogP contribution is -2.43. The van der Waals surface area contributed by atoms with Gasteiger partial charge < -0.3 is 14.6 Å². The van der Waals surface area contributed by atoms with E-state index in [1.54, 1.807) is 20.8 Å². The van der Waals surface area contributed by atoms with Gasteiger partial charge in [-0.25, -0.2) is 13.8 Å². The Morgan fingerprint density at radius 2 is 2.08 bits per heavy atom. The van der Waals surface area contributed by atoms with Crippen LogP contribution in [0.2, 0.25) is 0 Å². The predicted octanol–water partition coefficient (Wildman–Crippen LogP) is 0.483. The summed E-state index contributed by atoms with van der Waals surface area (Å²) < 4.78 is 26.0. The van der Waals surface area contributed by atoms with Crippen LogP contribution in [-0.2, 0) is 21.0 Å². The van der Waals surface area contributed by atoms with Gasteiger partial charge in [0.2, 0.25) is 0 Å². The fraction of sp³-hybridized carbons (Fsp3) is 0.688. The van der Waals surface area contributed by atoms with E-state index in [-0.39, 0.29) is 12.0 Å². The molecule has 0 unspecified atom stereocenters. The Morgan fingerprint density at radius 3 is 2.60 bits per heavy atom. The number of aliphatic hydroxyl groups is 1. The van der Waals surface area contributed by atoms with E-state index >= 15 is 0 Å². The smallest absolute Gasteiger partial charge is 0.335 e. The number of hydrogen-bond donors (Lipinski definition) is 1. The van der Waals surface area contributed by atoms with E-state index in [0.717, 1.165) is 9.13 Å². The summed E-state index contributed by atoms with van der Waals surface area (Å²) in [5, 5.41) is 9.08. The second kappa shape index (κ2) is 7.09. The van der Waals surface area contributed by atoms with Crippen molar-refractivity contribution in [2.75, 3.05) is 6.61 Å². The fourth-order valence-corrected chi connectivity index (χ4v) is 2.44. The molecule has 140 valence electrons. The molecule has 1 fully saturated rings. The number of aryl methyl sites for hydroxylation is 1. The van der Waals surface area contributed by atoms with Crippen molar-refractivity contribution in [2.45, 2.75) is 59.4 Å². The predicted molar refractivity (Wildman–Crippen MR) is 85.8 cm³/mol. The lowest BCUT2D eigenvalue weighted by Gasteiger charge is -2.19. The minimum atomic E-state index is -1.42. The molecule has 1 aromatic rings. The van der Waals surface area contributed by atoms with Crippen molar-refractivity contribution >= 4 is 5.97 Å². The molecule has 0 amide bonds. The number of halogens is 1. The molecule has 0 radical (unpaired) electrons. The lowest BCUT2D eigenvalue weighted by molar-refractivity contribution is -0.157. The summed E-state index contributed by atoms with van der Waals surface area (Å²) in [6.07, 6.45) is -2.21. The molecule has 2 rings (SSSR count). The van der Waals surface area contributed by atoms with Crippen LogP contribution in [0, 0.1) is 12.3 Å². The normalized spacial score (nSPS) is 23.7. The van der Waals surface area contributed by atoms with Gasteiger partial charge in [-0.05, 0) is 27.7 Å². The average Bonchev–Trinajstić information content (AvgIpc) is 2.90. The molecule has 0 bridgehead atoms. The Labute approximate surface area is 143 Å². The van der Waals surface area contributed by atoms with E-state index < -0.39 is 54.5 Å². The number of nitrogens with zero attached hydrogens (tertiary/aromatic N) is 2. The summed E-state index contributed by atoms with van der Waals surface area (Å²) in [4.78, 5) is 36.6. The molecule has 1 aliphatic heterocycles. The van der Waals surface area contributed by atoms with Crippen LogP contribution in [0.3, 0.4) is 0 Å². The maximum atomic E-state index is 13.8. The van der Waals surface area contributed by atoms with Crippen LogP contribution in [-0.4, -0.2) is 39.1 Å². The van der Waals surface area contributed by atoms with Crippen LogP contribution in [0.25, 0.3) is 0 Å². The van der Waals surface area contributed by atoms with Crippen molar-refractivity contribution < 1.29 is 23.8 Å². The standard InChI is InChI=1S/C16H23FN2O6/c1-9-6-18(12-5-10(17)11(7-20)25-12)15(23)19(13(9)21)8-24-14(22)16(2,3)4/h6,10-12,20H,5,7-8H2,1-4H3/t10-,11+,12+/m0/s1. The third kappa shape index (κ3) is 3.98. The molecule has 1 aromatic heterocycles. The molecule has 1 saturated heterocycles. The van der Waals surface area contributed by atoms with E-state index in [0.29, 0.717) is 0 Å². The van der Waals surface area contributed by atoms with Gasteiger partial charge in [-0.3, -0.25) is 14.2 Å². The van der Waals surface area contributed by atoms with E-state index in [9.17, 15) is 18.8 Å². The molecular weight excluding hydrogens is 335 g/mol. The first kappa shape index (κ1) is 19.3. The zero-order chi connectivity index (χ0) is 18.9. The highest BCUT2D eigenvalue weighted by molar-refractivity contribution is 5.75. The Morgan fingerprint density at radius 1 is 1.44 bits per heavy atom. The lowest BCUT2D eigenvalue weighted by atomic mass is 9.98. The number of alkyl halides is 1. The fourth-order valence-electron chi connectivity index (χ4n) is 2.44. The third-order valence-electron chi connectivity index (χ3n) is 3.96. The Hall–Kier alpha value is -2.00. The Balaban J connectivity index is 2.33. The first-order chi connectivity index (χ1) is 11.6. The number of rotatable bonds is 4. The molecule has 1 N–H and O–H groups in total. The Bertz CT molecular complexity index is 763. The van der Waals surface area contributed by atoms with Crippen molar-refractivity contribution in [3.8, 4) is 0 Å². The molecule has 9 heteroatoms. The van der Waals surface area contributed by atoms with Gasteiger partial charge >= 0.3 is 11.7 Å². The van der Waals surface area contributed by atoms with Gasteiger partial charge in [-0.1, -0.05) is 0 Å². The van der Waals surface area contributed by atoms with Gasteiger partial charge in [0.1, 0.15) is 18.5 Å². The van der Waals surface area contributed by atoms with Gasteiger partial charge in [-0.2, -0.15) is 0 Å². The van der Waals surface area contributed by atoms with Crippen LogP contribution in [0.5, 0.6) is 0 Å². The molecule has 0 spiro atoms. The van der Waals surface area contributed by atoms with E-state index in [1.165, 1.54) is 13.1 Å². The zero-order valence-electron chi connectivity index (χ0n) is 14.7. The molecule has 0 saturated carbocycles. The second-order valence-corrected chi connectivity index (χ2v) is 7.11. The van der Waals surface area contributed by atoms with Crippen LogP contribution in [0.1, 0.15) is 39.0 Å². The highest BCUT2D eigenvalue weighted by atomic mass is 19.1. The van der Waals surface area contributed by atoms with Crippen LogP contribution in [0.4, 0.5) is 4.39 Å². The average molecular weight is 358 g/mol. The molecular formula is C16H23FN2O6. The summed E-state index contributed by atoms with van der Waals surface area (Å²) in [6, 6.07) is 0. The molecule has 8 nitrogen and oxygen atoms in total. The van der Waals surface area contributed by atoms with E-state index in [1.807, 2.05) is 0 Å². The van der Waals surface area contributed by atoms with E-state index in [2.05, 4.69) is 0 Å². The van der Waals surface area contributed by atoms with Crippen LogP contribution in [0.15, 0.2) is 15.8 Å². The molecule has 25 heavy (non-hydrogen) atoms. The molecule has 1 aliphatic rings. The van der Waals surface area contributed by atoms with Crippen LogP contribution < -0.4 is 11.2 Å². The maximum absolute atomic E-state index is 13.8. The Kier molecular flexibility index (Phi) is 5.48. The molecule has 2 heterocycles. The third-order valence-corrected chi connectivity index (χ3v) is 3.96. The maximum Gasteiger partial charge on any atom is 0.335 e. The summed E-state index contributed by atoms with van der Waals surface area (Å²) in [7, 11) is 0. The molecule has 3 atom stereocenters. The van der Waals surface area contributed by atoms with Crippen molar-refractivity contribution in [2.24, 2.45) is 5.41 Å². The number of aromatic nitrogens is 2. The molecule has 0 aromatic carbocycles. The largest absolute Gasteiger partial charge is 0.443 e. The monoisotopic (exact) mass is 358 g/mol. The van der Waals surface area contributed by atoms with Crippen molar-refractivity contribution in [1.82, 2.24) is 9.13 Å². The summed E-state index contributed by atoms with van der Waals surface area (Å²) in [6.45, 7) is 5.39. The first-order valence-electron chi connectivity index (χ1n) is 7.96. The highest BCUT2D eigenvalue weighted by Gasteiger charge is 2.37. The number of ether oxygens (including phenoxy) is 2. The van der Waals surface area contributed by atoms with Crippen molar-refractivity contribution in [3.63, 3.8) is 0 Å². The number of aliphatic hydroxyl groups excluding tert-OH is 1. The quantitative estimate of drug-likeness (QED) is 0.786. The SMILES string of the molecule is Cc1cn([C@H]2C[C@H](F)[C@@H](CO)O2)c(=O)n(COC(=O)C(C)(C)C)c1=O. The summed E-state index contributed by atoms with van der Waals surface area (Å²) >= 11 is 0. The minimum Gasteiger partial charge on any atom is -0.443 e. The second-order valence-electron chi connectivity index (χ2n) is 7.11. The number of hydrogen-bond acceptors (Lipinski definition) is 6. The number of carbonyl (C=O) groups excluding carboxylic acids is 1. The minimum absolute atomic E-state index is 0.120. The van der Waals surface area contributed by atoms with E-state index in [4.69, 9.17) is 14.6 Å². The number of carbonyl (C=O) groups is 1. The van der Waals surface area contributed by atoms with Gasteiger partial charge in [0.15, 0.2) is 6.73 Å². The first-order valence-corrected chi connectivity index (χ1v) is 7.96. The van der Waals surface area contributed by atoms with Gasteiger partial charge in [-0.15, -0.1) is 0 Å². The summed E-state index contributed by atoms with van der Waals surface area (Å²) in [5.74, 6) is -0.562. The van der Waals surface area contributed by atoms with Gasteiger partial charge in [0.05, 0.1) is 12.0 Å². The summed E-state index contributed by atoms with van der Waals surface area (Å²) in [5.41, 5.74) is -1.93. The topological polar surface area (TPSA) is 99.8 Å². The molecule has 0 aliphatic carbocycles. The van der Waals surface area contributed by atoms with Crippen molar-refractivity contribution in [1.29, 1.82) is 0 Å². The van der Waals surface area contributed by atoms with Crippen LogP contribution >= 0.6 is 0 Å².